The van der Waals surface area contributed by atoms with Crippen molar-refractivity contribution in [3.05, 3.63) is 54.1 Å². The van der Waals surface area contributed by atoms with Crippen molar-refractivity contribution < 1.29 is 19.1 Å². The van der Waals surface area contributed by atoms with E-state index < -0.39 is 11.3 Å². The normalized spacial score (nSPS) is 15.2. The highest BCUT2D eigenvalue weighted by molar-refractivity contribution is 5.96. The van der Waals surface area contributed by atoms with Crippen molar-refractivity contribution in [2.24, 2.45) is 16.9 Å². The maximum Gasteiger partial charge on any atom is 0.252 e. The van der Waals surface area contributed by atoms with E-state index in [0.717, 1.165) is 0 Å². The second kappa shape index (κ2) is 9.54. The smallest absolute Gasteiger partial charge is 0.252 e. The predicted molar refractivity (Wildman–Crippen MR) is 109 cm³/mol. The van der Waals surface area contributed by atoms with Crippen LogP contribution in [0.1, 0.15) is 23.2 Å². The first kappa shape index (κ1) is 21.7. The second-order valence-electron chi connectivity index (χ2n) is 6.54. The predicted octanol–water partition coefficient (Wildman–Crippen LogP) is 2.69. The monoisotopic (exact) mass is 405 g/mol. The number of halogens is 1. The summed E-state index contributed by atoms with van der Waals surface area (Å²) in [4.78, 5) is 24.2. The molecule has 0 unspecified atom stereocenters. The summed E-state index contributed by atoms with van der Waals surface area (Å²) >= 11 is 0. The van der Waals surface area contributed by atoms with Gasteiger partial charge in [0, 0.05) is 25.4 Å². The Balaban J connectivity index is 0.00000280. The molecule has 1 aliphatic rings. The minimum atomic E-state index is -0.589. The molecule has 0 atom stereocenters. The Morgan fingerprint density at radius 3 is 2.32 bits per heavy atom. The number of hydrogen-bond donors (Lipinski definition) is 3. The zero-order valence-electron chi connectivity index (χ0n) is 15.4. The van der Waals surface area contributed by atoms with Crippen LogP contribution in [0.25, 0.3) is 0 Å². The van der Waals surface area contributed by atoms with Gasteiger partial charge < -0.3 is 26.3 Å². The van der Waals surface area contributed by atoms with Gasteiger partial charge in [-0.05, 0) is 49.2 Å². The first-order chi connectivity index (χ1) is 13.0. The molecule has 1 saturated heterocycles. The summed E-state index contributed by atoms with van der Waals surface area (Å²) in [5.74, 6) is 0.256. The second-order valence-corrected chi connectivity index (χ2v) is 6.54. The minimum Gasteiger partial charge on any atom is -0.457 e. The van der Waals surface area contributed by atoms with Crippen LogP contribution in [0.15, 0.2) is 48.5 Å². The van der Waals surface area contributed by atoms with Crippen LogP contribution in [0.3, 0.4) is 0 Å². The van der Waals surface area contributed by atoms with Crippen molar-refractivity contribution in [2.45, 2.75) is 12.8 Å². The van der Waals surface area contributed by atoms with Crippen LogP contribution in [-0.4, -0.2) is 31.6 Å². The van der Waals surface area contributed by atoms with Gasteiger partial charge in [0.15, 0.2) is 0 Å². The van der Waals surface area contributed by atoms with Gasteiger partial charge in [0.05, 0.1) is 11.0 Å². The van der Waals surface area contributed by atoms with Crippen LogP contribution >= 0.6 is 12.4 Å². The Kier molecular flexibility index (Phi) is 7.39. The summed E-state index contributed by atoms with van der Waals surface area (Å²) in [5, 5.41) is 2.92. The van der Waals surface area contributed by atoms with E-state index in [-0.39, 0.29) is 24.9 Å². The molecule has 1 fully saturated rings. The first-order valence-corrected chi connectivity index (χ1v) is 8.80. The minimum absolute atomic E-state index is 0. The lowest BCUT2D eigenvalue weighted by Crippen LogP contribution is -2.46. The van der Waals surface area contributed by atoms with Gasteiger partial charge in [0.1, 0.15) is 11.5 Å². The Morgan fingerprint density at radius 2 is 1.71 bits per heavy atom. The zero-order chi connectivity index (χ0) is 19.3. The molecule has 0 saturated carbocycles. The number of benzene rings is 2. The van der Waals surface area contributed by atoms with Crippen molar-refractivity contribution in [3.8, 4) is 11.5 Å². The van der Waals surface area contributed by atoms with Crippen LogP contribution in [0.4, 0.5) is 5.69 Å². The summed E-state index contributed by atoms with van der Waals surface area (Å²) in [6.07, 6.45) is 1.22. The van der Waals surface area contributed by atoms with E-state index in [4.69, 9.17) is 20.9 Å². The molecule has 3 rings (SSSR count). The summed E-state index contributed by atoms with van der Waals surface area (Å²) in [7, 11) is 0. The van der Waals surface area contributed by atoms with E-state index in [0.29, 0.717) is 48.8 Å². The maximum absolute atomic E-state index is 12.7. The molecule has 0 bridgehead atoms. The van der Waals surface area contributed by atoms with Crippen LogP contribution in [0.5, 0.6) is 11.5 Å². The molecule has 8 heteroatoms. The largest absolute Gasteiger partial charge is 0.457 e. The van der Waals surface area contributed by atoms with Gasteiger partial charge in [-0.1, -0.05) is 12.1 Å². The van der Waals surface area contributed by atoms with E-state index in [2.05, 4.69) is 5.32 Å². The Labute approximate surface area is 169 Å². The molecule has 7 nitrogen and oxygen atoms in total. The first-order valence-electron chi connectivity index (χ1n) is 8.80. The Bertz CT molecular complexity index is 820. The number of para-hydroxylation sites is 1. The fourth-order valence-corrected chi connectivity index (χ4v) is 3.04. The number of rotatable bonds is 6. The van der Waals surface area contributed by atoms with Crippen molar-refractivity contribution in [1.29, 1.82) is 0 Å². The number of primary amides is 1. The lowest BCUT2D eigenvalue weighted by atomic mass is 9.79. The van der Waals surface area contributed by atoms with Crippen LogP contribution in [0.2, 0.25) is 0 Å². The lowest BCUT2D eigenvalue weighted by Gasteiger charge is -2.34. The van der Waals surface area contributed by atoms with Crippen LogP contribution in [-0.2, 0) is 9.53 Å². The van der Waals surface area contributed by atoms with Crippen molar-refractivity contribution in [1.82, 2.24) is 0 Å². The number of nitrogens with two attached hydrogens (primary N) is 2. The number of carbonyl (C=O) groups excluding carboxylic acids is 2. The zero-order valence-corrected chi connectivity index (χ0v) is 16.2. The fraction of sp³-hybridized carbons (Fsp3) is 0.300. The third-order valence-electron chi connectivity index (χ3n) is 4.81. The molecule has 5 N–H and O–H groups in total. The average Bonchev–Trinajstić information content (AvgIpc) is 2.70. The molecule has 1 aliphatic heterocycles. The molecule has 1 heterocycles. The maximum atomic E-state index is 12.7. The van der Waals surface area contributed by atoms with Crippen LogP contribution < -0.4 is 21.5 Å². The van der Waals surface area contributed by atoms with E-state index >= 15 is 0 Å². The van der Waals surface area contributed by atoms with Crippen molar-refractivity contribution in [3.63, 3.8) is 0 Å². The summed E-state index contributed by atoms with van der Waals surface area (Å²) in [6, 6.07) is 13.7. The Hall–Kier alpha value is -2.61. The van der Waals surface area contributed by atoms with E-state index in [1.165, 1.54) is 0 Å². The fourth-order valence-electron chi connectivity index (χ4n) is 3.04. The molecule has 2 aromatic rings. The highest BCUT2D eigenvalue weighted by Crippen LogP contribution is 2.31. The highest BCUT2D eigenvalue weighted by Gasteiger charge is 2.38. The molecule has 0 spiro atoms. The van der Waals surface area contributed by atoms with Crippen molar-refractivity contribution >= 4 is 29.9 Å². The SMILES string of the molecule is Cl.NCC1(C(=O)Nc2ccc(Oc3ccccc3C(N)=O)cc2)CCOCC1. The molecule has 0 aromatic heterocycles. The van der Waals surface area contributed by atoms with Gasteiger partial charge in [-0.25, -0.2) is 0 Å². The van der Waals surface area contributed by atoms with Gasteiger partial charge >= 0.3 is 0 Å². The third kappa shape index (κ3) is 4.81. The lowest BCUT2D eigenvalue weighted by molar-refractivity contribution is -0.130. The van der Waals surface area contributed by atoms with Crippen LogP contribution in [0, 0.1) is 5.41 Å². The molecule has 2 amide bonds. The van der Waals surface area contributed by atoms with E-state index in [1.807, 2.05) is 0 Å². The average molecular weight is 406 g/mol. The molecule has 2 aromatic carbocycles. The standard InChI is InChI=1S/C20H23N3O4.ClH/c21-13-20(9-11-26-12-10-20)19(25)23-14-5-7-15(8-6-14)27-17-4-2-1-3-16(17)18(22)24;/h1-8H,9-13,21H2,(H2,22,24)(H,23,25);1H. The Morgan fingerprint density at radius 1 is 1.07 bits per heavy atom. The number of amides is 2. The van der Waals surface area contributed by atoms with E-state index in [9.17, 15) is 9.59 Å². The third-order valence-corrected chi connectivity index (χ3v) is 4.81. The van der Waals surface area contributed by atoms with Gasteiger partial charge in [-0.2, -0.15) is 0 Å². The number of anilines is 1. The molecule has 150 valence electrons. The molecule has 0 radical (unpaired) electrons. The van der Waals surface area contributed by atoms with Crippen molar-refractivity contribution in [2.75, 3.05) is 25.1 Å². The number of ether oxygens (including phenoxy) is 2. The summed E-state index contributed by atoms with van der Waals surface area (Å²) < 4.78 is 11.1. The van der Waals surface area contributed by atoms with E-state index in [1.54, 1.807) is 48.5 Å². The number of carbonyl (C=O) groups is 2. The molecule has 0 aliphatic carbocycles. The number of nitrogens with one attached hydrogen (secondary N) is 1. The van der Waals surface area contributed by atoms with Gasteiger partial charge in [-0.3, -0.25) is 9.59 Å². The topological polar surface area (TPSA) is 117 Å². The molecular formula is C20H24ClN3O4. The summed E-state index contributed by atoms with van der Waals surface area (Å²) in [5.41, 5.74) is 11.6. The van der Waals surface area contributed by atoms with Gasteiger partial charge in [0.25, 0.3) is 5.91 Å². The molecular weight excluding hydrogens is 382 g/mol. The molecule has 28 heavy (non-hydrogen) atoms. The summed E-state index contributed by atoms with van der Waals surface area (Å²) in [6.45, 7) is 1.36. The van der Waals surface area contributed by atoms with Gasteiger partial charge in [0.2, 0.25) is 5.91 Å². The highest BCUT2D eigenvalue weighted by atomic mass is 35.5. The van der Waals surface area contributed by atoms with Gasteiger partial charge in [-0.15, -0.1) is 12.4 Å². The quantitative estimate of drug-likeness (QED) is 0.683. The number of hydrogen-bond acceptors (Lipinski definition) is 5.